The Morgan fingerprint density at radius 2 is 2.03 bits per heavy atom. The van der Waals surface area contributed by atoms with Crippen molar-refractivity contribution >= 4 is 23.8 Å². The molecule has 2 aliphatic heterocycles. The lowest BCUT2D eigenvalue weighted by molar-refractivity contribution is 0.0594. The molecule has 0 saturated carbocycles. The second-order valence-corrected chi connectivity index (χ2v) is 8.78. The number of fused-ring (bicyclic) bond motifs is 1. The van der Waals surface area contributed by atoms with Gasteiger partial charge >= 0.3 is 6.09 Å². The van der Waals surface area contributed by atoms with E-state index in [-0.39, 0.29) is 17.8 Å². The molecule has 5 rings (SSSR count). The van der Waals surface area contributed by atoms with Crippen LogP contribution in [0.2, 0.25) is 0 Å². The van der Waals surface area contributed by atoms with E-state index in [0.717, 1.165) is 0 Å². The van der Waals surface area contributed by atoms with Gasteiger partial charge in [0.2, 0.25) is 5.82 Å². The molecule has 9 nitrogen and oxygen atoms in total. The van der Waals surface area contributed by atoms with E-state index in [0.29, 0.717) is 55.1 Å². The maximum Gasteiger partial charge on any atom is 0.409 e. The minimum Gasteiger partial charge on any atom is -0.461 e. The molecule has 33 heavy (non-hydrogen) atoms. The SMILES string of the molecule is CCOC(=O)N1CCN(C(c2ccccc2F)C2Sc3nc(-c4ccco4)nn3C2=O)CC1. The monoisotopic (exact) mass is 471 g/mol. The van der Waals surface area contributed by atoms with Crippen molar-refractivity contribution in [2.75, 3.05) is 32.8 Å². The van der Waals surface area contributed by atoms with Crippen LogP contribution in [-0.2, 0) is 4.74 Å². The third kappa shape index (κ3) is 4.02. The number of furan rings is 1. The number of nitrogens with zero attached hydrogens (tertiary/aromatic N) is 5. The van der Waals surface area contributed by atoms with Gasteiger partial charge in [-0.15, -0.1) is 5.10 Å². The summed E-state index contributed by atoms with van der Waals surface area (Å²) in [5.74, 6) is 0.168. The van der Waals surface area contributed by atoms with E-state index in [9.17, 15) is 14.0 Å². The normalized spacial score (nSPS) is 19.5. The molecule has 1 amide bonds. The third-order valence-electron chi connectivity index (χ3n) is 5.75. The fraction of sp³-hybridized carbons (Fsp3) is 0.364. The quantitative estimate of drug-likeness (QED) is 0.560. The fourth-order valence-electron chi connectivity index (χ4n) is 4.18. The molecular weight excluding hydrogens is 449 g/mol. The number of carbonyl (C=O) groups excluding carboxylic acids is 2. The first-order valence-corrected chi connectivity index (χ1v) is 11.6. The van der Waals surface area contributed by atoms with Gasteiger partial charge in [-0.05, 0) is 25.1 Å². The Kier molecular flexibility index (Phi) is 5.90. The van der Waals surface area contributed by atoms with Gasteiger partial charge in [0.05, 0.1) is 18.9 Å². The average molecular weight is 472 g/mol. The van der Waals surface area contributed by atoms with E-state index in [2.05, 4.69) is 10.1 Å². The first kappa shape index (κ1) is 21.7. The van der Waals surface area contributed by atoms with E-state index in [4.69, 9.17) is 9.15 Å². The maximum atomic E-state index is 14.9. The number of thioether (sulfide) groups is 1. The summed E-state index contributed by atoms with van der Waals surface area (Å²) in [4.78, 5) is 33.6. The van der Waals surface area contributed by atoms with Crippen LogP contribution >= 0.6 is 11.8 Å². The summed E-state index contributed by atoms with van der Waals surface area (Å²) in [5.41, 5.74) is 0.435. The predicted molar refractivity (Wildman–Crippen MR) is 117 cm³/mol. The number of ether oxygens (including phenoxy) is 1. The second kappa shape index (κ2) is 8.99. The van der Waals surface area contributed by atoms with Crippen molar-refractivity contribution < 1.29 is 23.1 Å². The summed E-state index contributed by atoms with van der Waals surface area (Å²) < 4.78 is 26.6. The molecule has 4 heterocycles. The lowest BCUT2D eigenvalue weighted by Gasteiger charge is -2.40. The molecule has 1 saturated heterocycles. The van der Waals surface area contributed by atoms with Crippen LogP contribution in [0.25, 0.3) is 11.6 Å². The Morgan fingerprint density at radius 1 is 1.24 bits per heavy atom. The smallest absolute Gasteiger partial charge is 0.409 e. The van der Waals surface area contributed by atoms with Crippen LogP contribution in [0.1, 0.15) is 23.3 Å². The van der Waals surface area contributed by atoms with Gasteiger partial charge in [-0.3, -0.25) is 9.69 Å². The largest absolute Gasteiger partial charge is 0.461 e. The van der Waals surface area contributed by atoms with Crippen LogP contribution < -0.4 is 0 Å². The Morgan fingerprint density at radius 3 is 2.70 bits per heavy atom. The molecule has 2 atom stereocenters. The van der Waals surface area contributed by atoms with Gasteiger partial charge in [-0.1, -0.05) is 30.0 Å². The number of carbonyl (C=O) groups is 2. The van der Waals surface area contributed by atoms with Gasteiger partial charge in [0, 0.05) is 31.7 Å². The molecule has 2 aromatic heterocycles. The highest BCUT2D eigenvalue weighted by molar-refractivity contribution is 8.00. The molecule has 3 aromatic rings. The third-order valence-corrected chi connectivity index (χ3v) is 6.94. The number of amides is 1. The summed E-state index contributed by atoms with van der Waals surface area (Å²) in [7, 11) is 0. The summed E-state index contributed by atoms with van der Waals surface area (Å²) >= 11 is 1.27. The van der Waals surface area contributed by atoms with Crippen LogP contribution in [0.15, 0.2) is 52.2 Å². The van der Waals surface area contributed by atoms with Gasteiger partial charge in [0.15, 0.2) is 10.9 Å². The average Bonchev–Trinajstić information content (AvgIpc) is 3.55. The Hall–Kier alpha value is -3.18. The van der Waals surface area contributed by atoms with Crippen LogP contribution in [0, 0.1) is 5.82 Å². The maximum absolute atomic E-state index is 14.9. The number of hydrogen-bond donors (Lipinski definition) is 0. The van der Waals surface area contributed by atoms with Crippen LogP contribution in [0.5, 0.6) is 0 Å². The standard InChI is InChI=1S/C22H22FN5O4S/c1-2-31-22(30)27-11-9-26(10-12-27)17(14-6-3-4-7-15(14)23)18-20(29)28-21(33-18)24-19(25-28)16-8-5-13-32-16/h3-8,13,17-18H,2,9-12H2,1H3. The summed E-state index contributed by atoms with van der Waals surface area (Å²) in [6.07, 6.45) is 1.16. The molecular formula is C22H22FN5O4S. The fourth-order valence-corrected chi connectivity index (χ4v) is 5.42. The van der Waals surface area contributed by atoms with Crippen molar-refractivity contribution in [2.24, 2.45) is 0 Å². The van der Waals surface area contributed by atoms with Crippen molar-refractivity contribution in [2.45, 2.75) is 23.4 Å². The summed E-state index contributed by atoms with van der Waals surface area (Å²) in [6, 6.07) is 9.40. The Labute approximate surface area is 193 Å². The van der Waals surface area contributed by atoms with E-state index < -0.39 is 11.3 Å². The molecule has 0 aliphatic carbocycles. The highest BCUT2D eigenvalue weighted by atomic mass is 32.2. The molecule has 2 unspecified atom stereocenters. The van der Waals surface area contributed by atoms with Crippen molar-refractivity contribution in [3.63, 3.8) is 0 Å². The summed E-state index contributed by atoms with van der Waals surface area (Å²) in [6.45, 7) is 3.90. The van der Waals surface area contributed by atoms with Gasteiger partial charge in [-0.2, -0.15) is 9.67 Å². The minimum absolute atomic E-state index is 0.263. The molecule has 0 spiro atoms. The molecule has 1 aromatic carbocycles. The van der Waals surface area contributed by atoms with Gasteiger partial charge in [0.25, 0.3) is 5.91 Å². The van der Waals surface area contributed by atoms with Gasteiger partial charge in [0.1, 0.15) is 11.1 Å². The van der Waals surface area contributed by atoms with E-state index in [1.54, 1.807) is 42.2 Å². The molecule has 172 valence electrons. The minimum atomic E-state index is -0.628. The number of benzene rings is 1. The van der Waals surface area contributed by atoms with Gasteiger partial charge in [-0.25, -0.2) is 9.18 Å². The molecule has 0 radical (unpaired) electrons. The van der Waals surface area contributed by atoms with E-state index in [1.807, 2.05) is 4.90 Å². The summed E-state index contributed by atoms with van der Waals surface area (Å²) in [5, 5.41) is 4.14. The molecule has 0 N–H and O–H groups in total. The second-order valence-electron chi connectivity index (χ2n) is 7.67. The molecule has 2 aliphatic rings. The molecule has 1 fully saturated rings. The highest BCUT2D eigenvalue weighted by Crippen LogP contribution is 2.42. The van der Waals surface area contributed by atoms with Crippen LogP contribution in [0.4, 0.5) is 9.18 Å². The zero-order chi connectivity index (χ0) is 22.9. The molecule has 0 bridgehead atoms. The number of rotatable bonds is 5. The van der Waals surface area contributed by atoms with Gasteiger partial charge < -0.3 is 14.1 Å². The van der Waals surface area contributed by atoms with Crippen LogP contribution in [-0.4, -0.2) is 74.6 Å². The topological polar surface area (TPSA) is 93.7 Å². The van der Waals surface area contributed by atoms with Crippen molar-refractivity contribution in [1.82, 2.24) is 24.6 Å². The highest BCUT2D eigenvalue weighted by Gasteiger charge is 2.45. The molecule has 11 heteroatoms. The Bertz CT molecular complexity index is 1160. The number of halogens is 1. The van der Waals surface area contributed by atoms with Crippen molar-refractivity contribution in [3.8, 4) is 11.6 Å². The lowest BCUT2D eigenvalue weighted by atomic mass is 9.99. The van der Waals surface area contributed by atoms with Crippen LogP contribution in [0.3, 0.4) is 0 Å². The lowest BCUT2D eigenvalue weighted by Crippen LogP contribution is -2.52. The first-order chi connectivity index (χ1) is 16.1. The predicted octanol–water partition coefficient (Wildman–Crippen LogP) is 3.31. The zero-order valence-corrected chi connectivity index (χ0v) is 18.7. The Balaban J connectivity index is 1.41. The van der Waals surface area contributed by atoms with Crippen molar-refractivity contribution in [1.29, 1.82) is 0 Å². The van der Waals surface area contributed by atoms with E-state index in [1.165, 1.54) is 28.8 Å². The zero-order valence-electron chi connectivity index (χ0n) is 17.9. The number of hydrogen-bond acceptors (Lipinski definition) is 8. The van der Waals surface area contributed by atoms with Crippen molar-refractivity contribution in [3.05, 3.63) is 54.0 Å². The number of aromatic nitrogens is 3. The number of piperazine rings is 1. The van der Waals surface area contributed by atoms with E-state index >= 15 is 0 Å². The first-order valence-electron chi connectivity index (χ1n) is 10.7.